The molecule has 1 aromatic carbocycles. The molecule has 1 N–H and O–H groups in total. The molecule has 2 atom stereocenters. The van der Waals surface area contributed by atoms with Gasteiger partial charge in [-0.25, -0.2) is 0 Å². The monoisotopic (exact) mass is 339 g/mol. The molecule has 2 aromatic rings. The van der Waals surface area contributed by atoms with Gasteiger partial charge in [-0.15, -0.1) is 0 Å². The van der Waals surface area contributed by atoms with Crippen LogP contribution in [0.25, 0.3) is 0 Å². The Bertz CT molecular complexity index is 743. The second-order valence-corrected chi connectivity index (χ2v) is 6.32. The fraction of sp³-hybridized carbons (Fsp3) is 0.316. The van der Waals surface area contributed by atoms with E-state index >= 15 is 0 Å². The van der Waals surface area contributed by atoms with E-state index in [9.17, 15) is 14.7 Å². The molecule has 0 radical (unpaired) electrons. The second-order valence-electron chi connectivity index (χ2n) is 6.32. The molecule has 6 nitrogen and oxygen atoms in total. The van der Waals surface area contributed by atoms with Gasteiger partial charge in [-0.3, -0.25) is 24.4 Å². The Morgan fingerprint density at radius 1 is 1.08 bits per heavy atom. The highest BCUT2D eigenvalue weighted by Crippen LogP contribution is 2.23. The molecule has 6 heteroatoms. The van der Waals surface area contributed by atoms with Gasteiger partial charge in [0.1, 0.15) is 0 Å². The van der Waals surface area contributed by atoms with Crippen LogP contribution in [-0.2, 0) is 0 Å². The van der Waals surface area contributed by atoms with Crippen LogP contribution < -0.4 is 0 Å². The number of carbonyl (C=O) groups excluding carboxylic acids is 2. The topological polar surface area (TPSA) is 73.7 Å². The Kier molecular flexibility index (Phi) is 4.92. The van der Waals surface area contributed by atoms with Gasteiger partial charge in [0.25, 0.3) is 11.8 Å². The first-order chi connectivity index (χ1) is 12.0. The van der Waals surface area contributed by atoms with Gasteiger partial charge >= 0.3 is 0 Å². The molecule has 2 heterocycles. The number of amides is 2. The SMILES string of the molecule is C[C@H](c1ccncc1)N(C)C[C@H](O)CN1C(=O)c2ccccc2C1=O. The predicted molar refractivity (Wildman–Crippen MR) is 93.1 cm³/mol. The van der Waals surface area contributed by atoms with Gasteiger partial charge in [0, 0.05) is 25.0 Å². The first-order valence-electron chi connectivity index (χ1n) is 8.22. The number of aromatic nitrogens is 1. The third-order valence-corrected chi connectivity index (χ3v) is 4.62. The van der Waals surface area contributed by atoms with E-state index in [1.165, 1.54) is 0 Å². The highest BCUT2D eigenvalue weighted by molar-refractivity contribution is 6.21. The van der Waals surface area contributed by atoms with Gasteiger partial charge in [-0.2, -0.15) is 0 Å². The minimum absolute atomic E-state index is 0.0141. The maximum atomic E-state index is 12.4. The number of hydrogen-bond donors (Lipinski definition) is 1. The number of β-amino-alcohol motifs (C(OH)–C–C–N with tert-alkyl or cyclic N) is 1. The summed E-state index contributed by atoms with van der Waals surface area (Å²) in [4.78, 5) is 31.8. The molecule has 1 aliphatic rings. The summed E-state index contributed by atoms with van der Waals surface area (Å²) in [5.74, 6) is -0.686. The second kappa shape index (κ2) is 7.13. The summed E-state index contributed by atoms with van der Waals surface area (Å²) < 4.78 is 0. The van der Waals surface area contributed by atoms with Gasteiger partial charge in [0.15, 0.2) is 0 Å². The number of aliphatic hydroxyl groups excluding tert-OH is 1. The van der Waals surface area contributed by atoms with Gasteiger partial charge in [0.2, 0.25) is 0 Å². The number of rotatable bonds is 6. The number of carbonyl (C=O) groups is 2. The van der Waals surface area contributed by atoms with Crippen LogP contribution in [0, 0.1) is 0 Å². The highest BCUT2D eigenvalue weighted by Gasteiger charge is 2.36. The van der Waals surface area contributed by atoms with Crippen molar-refractivity contribution >= 4 is 11.8 Å². The Morgan fingerprint density at radius 2 is 1.64 bits per heavy atom. The Labute approximate surface area is 146 Å². The molecular formula is C19H21N3O3. The average Bonchev–Trinajstić information content (AvgIpc) is 2.87. The summed E-state index contributed by atoms with van der Waals surface area (Å²) in [6.07, 6.45) is 2.64. The number of benzene rings is 1. The summed E-state index contributed by atoms with van der Waals surface area (Å²) >= 11 is 0. The number of nitrogens with zero attached hydrogens (tertiary/aromatic N) is 3. The first-order valence-corrected chi connectivity index (χ1v) is 8.22. The van der Waals surface area contributed by atoms with Crippen LogP contribution in [0.15, 0.2) is 48.8 Å². The zero-order chi connectivity index (χ0) is 18.0. The minimum Gasteiger partial charge on any atom is -0.390 e. The fourth-order valence-corrected chi connectivity index (χ4v) is 3.06. The van der Waals surface area contributed by atoms with E-state index in [1.54, 1.807) is 36.7 Å². The molecule has 0 fully saturated rings. The minimum atomic E-state index is -0.823. The maximum Gasteiger partial charge on any atom is 0.261 e. The molecule has 130 valence electrons. The normalized spacial score (nSPS) is 16.2. The Balaban J connectivity index is 1.62. The lowest BCUT2D eigenvalue weighted by Gasteiger charge is -2.28. The zero-order valence-corrected chi connectivity index (χ0v) is 14.3. The van der Waals surface area contributed by atoms with Crippen molar-refractivity contribution in [2.45, 2.75) is 19.1 Å². The lowest BCUT2D eigenvalue weighted by atomic mass is 10.1. The van der Waals surface area contributed by atoms with Gasteiger partial charge in [-0.05, 0) is 43.8 Å². The van der Waals surface area contributed by atoms with Crippen molar-refractivity contribution in [1.82, 2.24) is 14.8 Å². The molecule has 25 heavy (non-hydrogen) atoms. The Morgan fingerprint density at radius 3 is 2.20 bits per heavy atom. The third kappa shape index (κ3) is 3.45. The van der Waals surface area contributed by atoms with E-state index in [2.05, 4.69) is 4.98 Å². The quantitative estimate of drug-likeness (QED) is 0.812. The van der Waals surface area contributed by atoms with Crippen molar-refractivity contribution in [3.8, 4) is 0 Å². The largest absolute Gasteiger partial charge is 0.390 e. The maximum absolute atomic E-state index is 12.4. The average molecular weight is 339 g/mol. The number of likely N-dealkylation sites (N-methyl/N-ethyl adjacent to an activating group) is 1. The number of pyridine rings is 1. The number of imide groups is 1. The van der Waals surface area contributed by atoms with Crippen LogP contribution >= 0.6 is 0 Å². The first kappa shape index (κ1) is 17.3. The molecule has 0 unspecified atom stereocenters. The van der Waals surface area contributed by atoms with Crippen molar-refractivity contribution in [2.75, 3.05) is 20.1 Å². The van der Waals surface area contributed by atoms with E-state index in [1.807, 2.05) is 31.0 Å². The van der Waals surface area contributed by atoms with Crippen LogP contribution in [0.5, 0.6) is 0 Å². The molecule has 0 spiro atoms. The lowest BCUT2D eigenvalue weighted by molar-refractivity contribution is 0.0466. The van der Waals surface area contributed by atoms with E-state index in [0.29, 0.717) is 17.7 Å². The smallest absolute Gasteiger partial charge is 0.261 e. The molecule has 2 amide bonds. The van der Waals surface area contributed by atoms with E-state index in [4.69, 9.17) is 0 Å². The lowest BCUT2D eigenvalue weighted by Crippen LogP contribution is -2.42. The Hall–Kier alpha value is -2.57. The van der Waals surface area contributed by atoms with Crippen LogP contribution in [0.1, 0.15) is 39.2 Å². The van der Waals surface area contributed by atoms with Gasteiger partial charge in [-0.1, -0.05) is 12.1 Å². The highest BCUT2D eigenvalue weighted by atomic mass is 16.3. The molecule has 0 bridgehead atoms. The summed E-state index contributed by atoms with van der Waals surface area (Å²) in [7, 11) is 1.90. The molecule has 3 rings (SSSR count). The van der Waals surface area contributed by atoms with Crippen molar-refractivity contribution in [1.29, 1.82) is 0 Å². The third-order valence-electron chi connectivity index (χ3n) is 4.62. The molecule has 1 aliphatic heterocycles. The number of hydrogen-bond acceptors (Lipinski definition) is 5. The van der Waals surface area contributed by atoms with Crippen LogP contribution in [0.3, 0.4) is 0 Å². The summed E-state index contributed by atoms with van der Waals surface area (Å²) in [5.41, 5.74) is 1.89. The van der Waals surface area contributed by atoms with Crippen LogP contribution in [0.4, 0.5) is 0 Å². The molecule has 1 aromatic heterocycles. The van der Waals surface area contributed by atoms with Crippen molar-refractivity contribution in [3.63, 3.8) is 0 Å². The standard InChI is InChI=1S/C19H21N3O3/c1-13(14-7-9-20-10-8-14)21(2)11-15(23)12-22-18(24)16-5-3-4-6-17(16)19(22)25/h3-10,13,15,23H,11-12H2,1-2H3/t13-,15+/m1/s1. The molecule has 0 aliphatic carbocycles. The fourth-order valence-electron chi connectivity index (χ4n) is 3.06. The summed E-state index contributed by atoms with van der Waals surface area (Å²) in [6.45, 7) is 2.36. The molecule has 0 saturated carbocycles. The predicted octanol–water partition coefficient (Wildman–Crippen LogP) is 1.73. The van der Waals surface area contributed by atoms with E-state index in [-0.39, 0.29) is 24.4 Å². The number of aliphatic hydroxyl groups is 1. The van der Waals surface area contributed by atoms with Crippen molar-refractivity contribution < 1.29 is 14.7 Å². The van der Waals surface area contributed by atoms with E-state index < -0.39 is 6.10 Å². The van der Waals surface area contributed by atoms with Crippen LogP contribution in [-0.4, -0.2) is 57.9 Å². The summed E-state index contributed by atoms with van der Waals surface area (Å²) in [5, 5.41) is 10.4. The zero-order valence-electron chi connectivity index (χ0n) is 14.3. The van der Waals surface area contributed by atoms with Crippen molar-refractivity contribution in [2.24, 2.45) is 0 Å². The van der Waals surface area contributed by atoms with E-state index in [0.717, 1.165) is 10.5 Å². The van der Waals surface area contributed by atoms with Gasteiger partial charge in [0.05, 0.1) is 23.8 Å². The molecule has 0 saturated heterocycles. The van der Waals surface area contributed by atoms with Gasteiger partial charge < -0.3 is 5.11 Å². The number of fused-ring (bicyclic) bond motifs is 1. The molecular weight excluding hydrogens is 318 g/mol. The summed E-state index contributed by atoms with van der Waals surface area (Å²) in [6, 6.07) is 10.7. The van der Waals surface area contributed by atoms with Crippen LogP contribution in [0.2, 0.25) is 0 Å². The van der Waals surface area contributed by atoms with Crippen molar-refractivity contribution in [3.05, 3.63) is 65.5 Å².